The molecule has 0 saturated carbocycles. The Labute approximate surface area is 172 Å². The number of hydrogen-bond donors (Lipinski definition) is 3. The normalized spacial score (nSPS) is 23.5. The first-order valence-electron chi connectivity index (χ1n) is 10.3. The maximum absolute atomic E-state index is 11.9. The second kappa shape index (κ2) is 14.2. The number of fused-ring (bicyclic) bond motifs is 1. The first kappa shape index (κ1) is 23.4. The van der Waals surface area contributed by atoms with Gasteiger partial charge < -0.3 is 30.6 Å². The Kier molecular flexibility index (Phi) is 11.8. The lowest BCUT2D eigenvalue weighted by atomic mass is 10.0. The van der Waals surface area contributed by atoms with Crippen LogP contribution in [0.4, 0.5) is 4.79 Å². The Morgan fingerprint density at radius 2 is 1.64 bits per heavy atom. The second-order valence-corrected chi connectivity index (χ2v) is 8.41. The summed E-state index contributed by atoms with van der Waals surface area (Å²) in [5.41, 5.74) is 5.31. The van der Waals surface area contributed by atoms with Gasteiger partial charge in [-0.25, -0.2) is 4.79 Å². The van der Waals surface area contributed by atoms with E-state index >= 15 is 0 Å². The average Bonchev–Trinajstić information content (AvgIpc) is 3.22. The Balaban J connectivity index is 1.34. The summed E-state index contributed by atoms with van der Waals surface area (Å²) in [4.78, 5) is 23.3. The zero-order valence-corrected chi connectivity index (χ0v) is 17.5. The summed E-state index contributed by atoms with van der Waals surface area (Å²) in [7, 11) is 0. The van der Waals surface area contributed by atoms with Gasteiger partial charge in [-0.05, 0) is 19.3 Å². The molecule has 2 saturated heterocycles. The molecule has 0 spiro atoms. The number of hydrogen-bond acceptors (Lipinski definition) is 7. The largest absolute Gasteiger partial charge is 0.379 e. The van der Waals surface area contributed by atoms with Gasteiger partial charge in [0.25, 0.3) is 0 Å². The highest BCUT2D eigenvalue weighted by Gasteiger charge is 2.42. The number of thioether (sulfide) groups is 1. The van der Waals surface area contributed by atoms with E-state index in [0.29, 0.717) is 70.1 Å². The predicted octanol–water partition coefficient (Wildman–Crippen LogP) is 1.07. The molecule has 0 unspecified atom stereocenters. The third-order valence-corrected chi connectivity index (χ3v) is 6.39. The number of nitrogens with one attached hydrogen (secondary N) is 2. The van der Waals surface area contributed by atoms with Crippen LogP contribution in [0.5, 0.6) is 0 Å². The Morgan fingerprint density at radius 1 is 0.964 bits per heavy atom. The zero-order valence-electron chi connectivity index (χ0n) is 16.7. The van der Waals surface area contributed by atoms with Crippen LogP contribution in [0.3, 0.4) is 0 Å². The highest BCUT2D eigenvalue weighted by atomic mass is 32.2. The van der Waals surface area contributed by atoms with Crippen LogP contribution < -0.4 is 16.4 Å². The minimum Gasteiger partial charge on any atom is -0.379 e. The molecular weight excluding hydrogens is 382 g/mol. The molecule has 162 valence electrons. The van der Waals surface area contributed by atoms with Crippen LogP contribution in [0.25, 0.3) is 0 Å². The Morgan fingerprint density at radius 3 is 2.39 bits per heavy atom. The van der Waals surface area contributed by atoms with Crippen molar-refractivity contribution in [3.05, 3.63) is 0 Å². The SMILES string of the molecule is NCCOCCOCCOCCCC(=O)CCCC[C@@H]1SC[C@@H]2NC(=O)N[C@@H]21. The molecular formula is C19H35N3O5S. The smallest absolute Gasteiger partial charge is 0.315 e. The number of ether oxygens (including phenoxy) is 3. The first-order chi connectivity index (χ1) is 13.7. The molecule has 3 atom stereocenters. The van der Waals surface area contributed by atoms with Crippen molar-refractivity contribution in [3.8, 4) is 0 Å². The molecule has 0 aromatic carbocycles. The van der Waals surface area contributed by atoms with Crippen LogP contribution in [0, 0.1) is 0 Å². The van der Waals surface area contributed by atoms with Gasteiger partial charge in [0.1, 0.15) is 5.78 Å². The van der Waals surface area contributed by atoms with Gasteiger partial charge in [0, 0.05) is 37.0 Å². The standard InChI is InChI=1S/C19H35N3O5S/c20-7-9-26-11-13-27-12-10-25-8-3-5-15(23)4-1-2-6-17-18-16(14-28-17)21-19(24)22-18/h16-18H,1-14,20H2,(H2,21,22,24)/t16-,17-,18-/m0/s1. The minimum absolute atomic E-state index is 0.0409. The van der Waals surface area contributed by atoms with Crippen molar-refractivity contribution in [1.82, 2.24) is 10.6 Å². The van der Waals surface area contributed by atoms with Crippen LogP contribution in [0.1, 0.15) is 38.5 Å². The number of urea groups is 1. The fraction of sp³-hybridized carbons (Fsp3) is 0.895. The van der Waals surface area contributed by atoms with Crippen molar-refractivity contribution in [2.24, 2.45) is 5.73 Å². The van der Waals surface area contributed by atoms with Gasteiger partial charge in [0.2, 0.25) is 0 Å². The van der Waals surface area contributed by atoms with Crippen molar-refractivity contribution >= 4 is 23.6 Å². The third-order valence-electron chi connectivity index (χ3n) is 4.88. The topological polar surface area (TPSA) is 112 Å². The van der Waals surface area contributed by atoms with Gasteiger partial charge >= 0.3 is 6.03 Å². The molecule has 2 rings (SSSR count). The van der Waals surface area contributed by atoms with E-state index in [9.17, 15) is 9.59 Å². The number of carbonyl (C=O) groups is 2. The maximum atomic E-state index is 11.9. The molecule has 0 aromatic heterocycles. The molecule has 0 aliphatic carbocycles. The lowest BCUT2D eigenvalue weighted by Gasteiger charge is -2.16. The number of Topliss-reactive ketones (excluding diaryl/α,β-unsaturated/α-hetero) is 1. The van der Waals surface area contributed by atoms with E-state index in [1.54, 1.807) is 0 Å². The van der Waals surface area contributed by atoms with Crippen LogP contribution in [-0.2, 0) is 19.0 Å². The predicted molar refractivity (Wildman–Crippen MR) is 110 cm³/mol. The van der Waals surface area contributed by atoms with Crippen LogP contribution >= 0.6 is 11.8 Å². The summed E-state index contributed by atoms with van der Waals surface area (Å²) in [5.74, 6) is 1.30. The molecule has 8 nitrogen and oxygen atoms in total. The number of nitrogens with two attached hydrogens (primary N) is 1. The highest BCUT2D eigenvalue weighted by molar-refractivity contribution is 8.00. The lowest BCUT2D eigenvalue weighted by Crippen LogP contribution is -2.36. The molecule has 2 amide bonds. The van der Waals surface area contributed by atoms with E-state index in [4.69, 9.17) is 19.9 Å². The fourth-order valence-corrected chi connectivity index (χ4v) is 4.98. The summed E-state index contributed by atoms with van der Waals surface area (Å²) < 4.78 is 16.0. The average molecular weight is 418 g/mol. The third kappa shape index (κ3) is 9.09. The number of rotatable bonds is 17. The van der Waals surface area contributed by atoms with E-state index < -0.39 is 0 Å². The van der Waals surface area contributed by atoms with E-state index in [1.165, 1.54) is 0 Å². The van der Waals surface area contributed by atoms with Gasteiger partial charge in [-0.1, -0.05) is 6.42 Å². The van der Waals surface area contributed by atoms with E-state index in [2.05, 4.69) is 10.6 Å². The van der Waals surface area contributed by atoms with Crippen LogP contribution in [0.2, 0.25) is 0 Å². The molecule has 0 aromatic rings. The molecule has 0 bridgehead atoms. The molecule has 2 aliphatic heterocycles. The Bertz CT molecular complexity index is 469. The molecule has 28 heavy (non-hydrogen) atoms. The molecule has 2 heterocycles. The van der Waals surface area contributed by atoms with Crippen LogP contribution in [0.15, 0.2) is 0 Å². The highest BCUT2D eigenvalue weighted by Crippen LogP contribution is 2.33. The van der Waals surface area contributed by atoms with Gasteiger partial charge in [-0.3, -0.25) is 4.79 Å². The second-order valence-electron chi connectivity index (χ2n) is 7.14. The molecule has 4 N–H and O–H groups in total. The summed E-state index contributed by atoms with van der Waals surface area (Å²) in [6.07, 6.45) is 5.00. The quantitative estimate of drug-likeness (QED) is 0.240. The summed E-state index contributed by atoms with van der Waals surface area (Å²) in [6.45, 7) is 3.86. The molecule has 0 radical (unpaired) electrons. The summed E-state index contributed by atoms with van der Waals surface area (Å²) >= 11 is 1.92. The minimum atomic E-state index is -0.0409. The van der Waals surface area contributed by atoms with Crippen molar-refractivity contribution in [2.45, 2.75) is 55.9 Å². The van der Waals surface area contributed by atoms with E-state index in [-0.39, 0.29) is 18.1 Å². The van der Waals surface area contributed by atoms with Gasteiger partial charge in [-0.2, -0.15) is 11.8 Å². The number of unbranched alkanes of at least 4 members (excludes halogenated alkanes) is 1. The fourth-order valence-electron chi connectivity index (χ4n) is 3.43. The zero-order chi connectivity index (χ0) is 20.0. The van der Waals surface area contributed by atoms with Gasteiger partial charge in [0.05, 0.1) is 45.1 Å². The van der Waals surface area contributed by atoms with Gasteiger partial charge in [-0.15, -0.1) is 0 Å². The van der Waals surface area contributed by atoms with Gasteiger partial charge in [0.15, 0.2) is 0 Å². The molecule has 2 aliphatic rings. The summed E-state index contributed by atoms with van der Waals surface area (Å²) in [6, 6.07) is 0.493. The monoisotopic (exact) mass is 417 g/mol. The maximum Gasteiger partial charge on any atom is 0.315 e. The summed E-state index contributed by atoms with van der Waals surface area (Å²) in [5, 5.41) is 6.44. The molecule has 2 fully saturated rings. The number of ketones is 1. The van der Waals surface area contributed by atoms with Crippen molar-refractivity contribution in [2.75, 3.05) is 51.9 Å². The number of carbonyl (C=O) groups excluding carboxylic acids is 2. The van der Waals surface area contributed by atoms with Crippen LogP contribution in [-0.4, -0.2) is 81.1 Å². The number of amides is 2. The van der Waals surface area contributed by atoms with Crippen molar-refractivity contribution in [1.29, 1.82) is 0 Å². The van der Waals surface area contributed by atoms with Crippen molar-refractivity contribution < 1.29 is 23.8 Å². The lowest BCUT2D eigenvalue weighted by molar-refractivity contribution is -0.119. The van der Waals surface area contributed by atoms with E-state index in [1.807, 2.05) is 11.8 Å². The first-order valence-corrected chi connectivity index (χ1v) is 11.4. The Hall–Kier alpha value is -0.870. The molecule has 9 heteroatoms. The van der Waals surface area contributed by atoms with Crippen molar-refractivity contribution in [3.63, 3.8) is 0 Å². The van der Waals surface area contributed by atoms with E-state index in [0.717, 1.165) is 31.4 Å².